The van der Waals surface area contributed by atoms with Crippen molar-refractivity contribution in [2.75, 3.05) is 18.4 Å². The number of hydrogen-bond donors (Lipinski definition) is 1. The maximum Gasteiger partial charge on any atom is 0.257 e. The quantitative estimate of drug-likeness (QED) is 0.910. The molecule has 1 amide bonds. The van der Waals surface area contributed by atoms with Crippen LogP contribution in [0, 0.1) is 5.92 Å². The first-order valence-electron chi connectivity index (χ1n) is 7.08. The van der Waals surface area contributed by atoms with Crippen molar-refractivity contribution in [3.63, 3.8) is 0 Å². The molecule has 0 spiro atoms. The van der Waals surface area contributed by atoms with Crippen LogP contribution in [0.1, 0.15) is 44.0 Å². The summed E-state index contributed by atoms with van der Waals surface area (Å²) in [5.41, 5.74) is 0.686. The van der Waals surface area contributed by atoms with Crippen molar-refractivity contribution in [1.82, 2.24) is 9.88 Å². The summed E-state index contributed by atoms with van der Waals surface area (Å²) < 4.78 is 0. The van der Waals surface area contributed by atoms with E-state index in [0.717, 1.165) is 31.8 Å². The Bertz CT molecular complexity index is 437. The minimum atomic E-state index is 0.100. The van der Waals surface area contributed by atoms with Crippen LogP contribution in [-0.2, 0) is 0 Å². The molecule has 0 atom stereocenters. The molecule has 0 radical (unpaired) electrons. The van der Waals surface area contributed by atoms with Crippen molar-refractivity contribution < 1.29 is 4.79 Å². The lowest BCUT2D eigenvalue weighted by Gasteiger charge is -2.30. The van der Waals surface area contributed by atoms with Gasteiger partial charge in [0.15, 0.2) is 0 Å². The molecule has 1 saturated heterocycles. The Morgan fingerprint density at radius 2 is 2.11 bits per heavy atom. The van der Waals surface area contributed by atoms with Crippen molar-refractivity contribution in [3.8, 4) is 0 Å². The molecule has 1 aromatic rings. The fourth-order valence-corrected chi connectivity index (χ4v) is 2.35. The Morgan fingerprint density at radius 1 is 1.42 bits per heavy atom. The second-order valence-corrected chi connectivity index (χ2v) is 5.67. The van der Waals surface area contributed by atoms with Gasteiger partial charge >= 0.3 is 0 Å². The van der Waals surface area contributed by atoms with Crippen molar-refractivity contribution in [3.05, 3.63) is 23.9 Å². The van der Waals surface area contributed by atoms with E-state index < -0.39 is 0 Å². The molecule has 104 valence electrons. The van der Waals surface area contributed by atoms with Crippen LogP contribution in [0.3, 0.4) is 0 Å². The van der Waals surface area contributed by atoms with Gasteiger partial charge in [-0.2, -0.15) is 0 Å². The van der Waals surface area contributed by atoms with Crippen molar-refractivity contribution in [2.45, 2.75) is 39.7 Å². The number of nitrogens with zero attached hydrogens (tertiary/aromatic N) is 2. The van der Waals surface area contributed by atoms with Crippen LogP contribution >= 0.6 is 0 Å². The Morgan fingerprint density at radius 3 is 2.74 bits per heavy atom. The van der Waals surface area contributed by atoms with Crippen LogP contribution in [0.2, 0.25) is 0 Å². The largest absolute Gasteiger partial charge is 0.367 e. The van der Waals surface area contributed by atoms with Gasteiger partial charge < -0.3 is 10.2 Å². The van der Waals surface area contributed by atoms with E-state index in [1.807, 2.05) is 30.9 Å². The van der Waals surface area contributed by atoms with E-state index in [1.54, 1.807) is 6.20 Å². The number of amides is 1. The summed E-state index contributed by atoms with van der Waals surface area (Å²) in [6, 6.07) is 3.95. The molecule has 1 aliphatic rings. The zero-order valence-electron chi connectivity index (χ0n) is 12.0. The third kappa shape index (κ3) is 3.46. The highest BCUT2D eigenvalue weighted by Gasteiger charge is 2.23. The highest BCUT2D eigenvalue weighted by atomic mass is 16.2. The molecule has 0 aromatic carbocycles. The Labute approximate surface area is 115 Å². The zero-order chi connectivity index (χ0) is 13.8. The zero-order valence-corrected chi connectivity index (χ0v) is 12.0. The molecule has 2 rings (SSSR count). The number of carbonyl (C=O) groups excluding carboxylic acids is 1. The van der Waals surface area contributed by atoms with Crippen molar-refractivity contribution in [1.29, 1.82) is 0 Å². The number of rotatable bonds is 3. The molecule has 1 N–H and O–H groups in total. The molecule has 4 nitrogen and oxygen atoms in total. The second-order valence-electron chi connectivity index (χ2n) is 5.67. The SMILES string of the molecule is CC1CCN(C(=O)c2cccnc2NC(C)C)CC1. The smallest absolute Gasteiger partial charge is 0.257 e. The normalized spacial score (nSPS) is 16.7. The van der Waals surface area contributed by atoms with Gasteiger partial charge in [-0.15, -0.1) is 0 Å². The molecular formula is C15H23N3O. The Balaban J connectivity index is 2.14. The molecule has 1 aromatic heterocycles. The standard InChI is InChI=1S/C15H23N3O/c1-11(2)17-14-13(5-4-8-16-14)15(19)18-9-6-12(3)7-10-18/h4-5,8,11-12H,6-7,9-10H2,1-3H3,(H,16,17). The van der Waals surface area contributed by atoms with Crippen LogP contribution in [0.25, 0.3) is 0 Å². The summed E-state index contributed by atoms with van der Waals surface area (Å²) in [4.78, 5) is 18.8. The molecule has 0 saturated carbocycles. The third-order valence-corrected chi connectivity index (χ3v) is 3.53. The van der Waals surface area contributed by atoms with Crippen molar-refractivity contribution in [2.24, 2.45) is 5.92 Å². The lowest BCUT2D eigenvalue weighted by Crippen LogP contribution is -2.38. The van der Waals surface area contributed by atoms with Gasteiger partial charge in [0.25, 0.3) is 5.91 Å². The van der Waals surface area contributed by atoms with Gasteiger partial charge in [-0.05, 0) is 44.7 Å². The van der Waals surface area contributed by atoms with Gasteiger partial charge in [0, 0.05) is 25.3 Å². The van der Waals surface area contributed by atoms with E-state index in [1.165, 1.54) is 0 Å². The minimum absolute atomic E-state index is 0.100. The second kappa shape index (κ2) is 6.04. The molecular weight excluding hydrogens is 238 g/mol. The summed E-state index contributed by atoms with van der Waals surface area (Å²) >= 11 is 0. The van der Waals surface area contributed by atoms with Crippen LogP contribution in [0.5, 0.6) is 0 Å². The molecule has 2 heterocycles. The van der Waals surface area contributed by atoms with Gasteiger partial charge in [-0.25, -0.2) is 4.98 Å². The molecule has 0 bridgehead atoms. The summed E-state index contributed by atoms with van der Waals surface area (Å²) in [6.45, 7) is 8.06. The summed E-state index contributed by atoms with van der Waals surface area (Å²) in [5, 5.41) is 3.24. The number of hydrogen-bond acceptors (Lipinski definition) is 3. The van der Waals surface area contributed by atoms with Gasteiger partial charge in [0.05, 0.1) is 5.56 Å². The third-order valence-electron chi connectivity index (χ3n) is 3.53. The predicted octanol–water partition coefficient (Wildman–Crippen LogP) is 2.77. The van der Waals surface area contributed by atoms with Crippen molar-refractivity contribution >= 4 is 11.7 Å². The number of nitrogens with one attached hydrogen (secondary N) is 1. The van der Waals surface area contributed by atoms with E-state index in [9.17, 15) is 4.79 Å². The van der Waals surface area contributed by atoms with Crippen LogP contribution in [0.15, 0.2) is 18.3 Å². The Kier molecular flexibility index (Phi) is 4.40. The molecule has 1 aliphatic heterocycles. The van der Waals surface area contributed by atoms with Crippen LogP contribution in [0.4, 0.5) is 5.82 Å². The number of anilines is 1. The molecule has 4 heteroatoms. The monoisotopic (exact) mass is 261 g/mol. The number of likely N-dealkylation sites (tertiary alicyclic amines) is 1. The average Bonchev–Trinajstić information content (AvgIpc) is 2.39. The molecule has 1 fully saturated rings. The van der Waals surface area contributed by atoms with Gasteiger partial charge in [0.2, 0.25) is 0 Å². The van der Waals surface area contributed by atoms with Gasteiger partial charge in [0.1, 0.15) is 5.82 Å². The predicted molar refractivity (Wildman–Crippen MR) is 77.3 cm³/mol. The summed E-state index contributed by atoms with van der Waals surface area (Å²) in [6.07, 6.45) is 3.91. The van der Waals surface area contributed by atoms with E-state index in [-0.39, 0.29) is 11.9 Å². The van der Waals surface area contributed by atoms with E-state index in [4.69, 9.17) is 0 Å². The maximum atomic E-state index is 12.6. The molecule has 0 aliphatic carbocycles. The topological polar surface area (TPSA) is 45.2 Å². The summed E-state index contributed by atoms with van der Waals surface area (Å²) in [7, 11) is 0. The Hall–Kier alpha value is -1.58. The maximum absolute atomic E-state index is 12.6. The lowest BCUT2D eigenvalue weighted by atomic mass is 9.98. The fraction of sp³-hybridized carbons (Fsp3) is 0.600. The highest BCUT2D eigenvalue weighted by molar-refractivity contribution is 5.98. The minimum Gasteiger partial charge on any atom is -0.367 e. The van der Waals surface area contributed by atoms with Crippen LogP contribution < -0.4 is 5.32 Å². The highest BCUT2D eigenvalue weighted by Crippen LogP contribution is 2.21. The average molecular weight is 261 g/mol. The molecule has 0 unspecified atom stereocenters. The number of pyridine rings is 1. The van der Waals surface area contributed by atoms with Crippen LogP contribution in [-0.4, -0.2) is 34.9 Å². The van der Waals surface area contributed by atoms with E-state index in [0.29, 0.717) is 11.4 Å². The number of carbonyl (C=O) groups is 1. The molecule has 19 heavy (non-hydrogen) atoms. The van der Waals surface area contributed by atoms with Gasteiger partial charge in [-0.3, -0.25) is 4.79 Å². The first kappa shape index (κ1) is 13.8. The number of aromatic nitrogens is 1. The van der Waals surface area contributed by atoms with E-state index in [2.05, 4.69) is 17.2 Å². The summed E-state index contributed by atoms with van der Waals surface area (Å²) in [5.74, 6) is 1.52. The van der Waals surface area contributed by atoms with E-state index >= 15 is 0 Å². The fourth-order valence-electron chi connectivity index (χ4n) is 2.35. The van der Waals surface area contributed by atoms with Gasteiger partial charge in [-0.1, -0.05) is 6.92 Å². The first-order valence-corrected chi connectivity index (χ1v) is 7.08. The lowest BCUT2D eigenvalue weighted by molar-refractivity contribution is 0.0698. The number of piperidine rings is 1. The first-order chi connectivity index (χ1) is 9.08.